The number of fused-ring (bicyclic) bond motifs is 1. The van der Waals surface area contributed by atoms with E-state index in [-0.39, 0.29) is 5.82 Å². The minimum atomic E-state index is -0.0377. The number of unbranched alkanes of at least 4 members (excludes halogenated alkanes) is 4. The Bertz CT molecular complexity index is 1170. The second-order valence-corrected chi connectivity index (χ2v) is 11.3. The highest BCUT2D eigenvalue weighted by molar-refractivity contribution is 5.85. The molecule has 0 aliphatic heterocycles. The predicted octanol–water partition coefficient (Wildman–Crippen LogP) is 10.4. The Kier molecular flexibility index (Phi) is 10.7. The second-order valence-electron chi connectivity index (χ2n) is 11.3. The minimum absolute atomic E-state index is 0.0377. The molecule has 0 heterocycles. The fourth-order valence-electron chi connectivity index (χ4n) is 6.00. The van der Waals surface area contributed by atoms with Gasteiger partial charge in [0.1, 0.15) is 5.82 Å². The molecular formula is C36H45F. The molecule has 0 nitrogen and oxygen atoms in total. The summed E-state index contributed by atoms with van der Waals surface area (Å²) in [4.78, 5) is 0. The summed E-state index contributed by atoms with van der Waals surface area (Å²) in [5.41, 5.74) is 4.17. The van der Waals surface area contributed by atoms with Crippen molar-refractivity contribution < 1.29 is 4.39 Å². The van der Waals surface area contributed by atoms with Crippen molar-refractivity contribution in [1.29, 1.82) is 0 Å². The van der Waals surface area contributed by atoms with Crippen LogP contribution >= 0.6 is 0 Å². The Morgan fingerprint density at radius 1 is 0.676 bits per heavy atom. The van der Waals surface area contributed by atoms with Crippen molar-refractivity contribution in [1.82, 2.24) is 0 Å². The SMILES string of the molecule is CCCCCCCC1CCC(CCc2ccc3cc(C#Cc4ccc(CCC)cc4)ccc3c2F)CC1. The zero-order valence-electron chi connectivity index (χ0n) is 23.1. The van der Waals surface area contributed by atoms with E-state index in [0.717, 1.165) is 65.0 Å². The first-order chi connectivity index (χ1) is 18.2. The van der Waals surface area contributed by atoms with Crippen molar-refractivity contribution in [2.75, 3.05) is 0 Å². The molecule has 0 unspecified atom stereocenters. The largest absolute Gasteiger partial charge is 0.206 e. The van der Waals surface area contributed by atoms with Crippen LogP contribution in [0.4, 0.5) is 4.39 Å². The van der Waals surface area contributed by atoms with Gasteiger partial charge in [0.05, 0.1) is 0 Å². The number of aryl methyl sites for hydroxylation is 2. The lowest BCUT2D eigenvalue weighted by atomic mass is 9.77. The molecule has 1 saturated carbocycles. The van der Waals surface area contributed by atoms with Gasteiger partial charge in [0.2, 0.25) is 0 Å². The van der Waals surface area contributed by atoms with Crippen molar-refractivity contribution in [2.24, 2.45) is 11.8 Å². The first-order valence-corrected chi connectivity index (χ1v) is 15.0. The van der Waals surface area contributed by atoms with Gasteiger partial charge in [-0.2, -0.15) is 0 Å². The molecule has 1 heteroatoms. The quantitative estimate of drug-likeness (QED) is 0.183. The van der Waals surface area contributed by atoms with E-state index >= 15 is 4.39 Å². The Morgan fingerprint density at radius 2 is 1.35 bits per heavy atom. The van der Waals surface area contributed by atoms with Gasteiger partial charge in [-0.05, 0) is 71.9 Å². The summed E-state index contributed by atoms with van der Waals surface area (Å²) in [6.45, 7) is 4.48. The van der Waals surface area contributed by atoms with Crippen LogP contribution in [0.15, 0.2) is 54.6 Å². The molecule has 0 amide bonds. The molecule has 0 saturated heterocycles. The van der Waals surface area contributed by atoms with E-state index in [1.54, 1.807) is 0 Å². The molecule has 3 aromatic carbocycles. The van der Waals surface area contributed by atoms with Crippen LogP contribution in [0.5, 0.6) is 0 Å². The molecule has 37 heavy (non-hydrogen) atoms. The maximum absolute atomic E-state index is 15.4. The highest BCUT2D eigenvalue weighted by atomic mass is 19.1. The molecule has 3 aromatic rings. The van der Waals surface area contributed by atoms with Crippen LogP contribution in [0, 0.1) is 29.5 Å². The van der Waals surface area contributed by atoms with Crippen LogP contribution in [-0.2, 0) is 12.8 Å². The van der Waals surface area contributed by atoms with Crippen LogP contribution in [0.25, 0.3) is 10.8 Å². The van der Waals surface area contributed by atoms with Crippen molar-refractivity contribution in [2.45, 2.75) is 104 Å². The summed E-state index contributed by atoms with van der Waals surface area (Å²) in [5, 5.41) is 1.66. The summed E-state index contributed by atoms with van der Waals surface area (Å²) in [6.07, 6.45) is 18.0. The number of halogens is 1. The van der Waals surface area contributed by atoms with Gasteiger partial charge in [-0.3, -0.25) is 0 Å². The van der Waals surface area contributed by atoms with Crippen molar-refractivity contribution in [3.63, 3.8) is 0 Å². The minimum Gasteiger partial charge on any atom is -0.206 e. The maximum atomic E-state index is 15.4. The van der Waals surface area contributed by atoms with Crippen LogP contribution < -0.4 is 0 Å². The summed E-state index contributed by atoms with van der Waals surface area (Å²) in [6, 6.07) is 18.5. The van der Waals surface area contributed by atoms with Crippen LogP contribution in [0.1, 0.15) is 113 Å². The molecule has 0 N–H and O–H groups in total. The van der Waals surface area contributed by atoms with Crippen LogP contribution in [-0.4, -0.2) is 0 Å². The van der Waals surface area contributed by atoms with Gasteiger partial charge < -0.3 is 0 Å². The van der Waals surface area contributed by atoms with E-state index in [1.807, 2.05) is 24.3 Å². The summed E-state index contributed by atoms with van der Waals surface area (Å²) in [7, 11) is 0. The van der Waals surface area contributed by atoms with E-state index in [2.05, 4.69) is 56.0 Å². The standard InChI is InChI=1S/C36H45F/c1-3-5-6-7-8-10-29-13-17-31(18-14-29)21-23-33-24-25-34-27-32(22-26-35(34)36(33)37)20-19-30-15-11-28(9-4-2)12-16-30/h11-12,15-16,22,24-27,29,31H,3-10,13-14,17-18,21,23H2,1-2H3. The monoisotopic (exact) mass is 496 g/mol. The zero-order valence-corrected chi connectivity index (χ0v) is 23.1. The topological polar surface area (TPSA) is 0 Å². The Balaban J connectivity index is 1.29. The Hall–Kier alpha value is -2.59. The smallest absolute Gasteiger partial charge is 0.134 e. The third-order valence-electron chi connectivity index (χ3n) is 8.38. The third kappa shape index (κ3) is 8.20. The van der Waals surface area contributed by atoms with Gasteiger partial charge in [-0.25, -0.2) is 4.39 Å². The van der Waals surface area contributed by atoms with E-state index in [4.69, 9.17) is 0 Å². The summed E-state index contributed by atoms with van der Waals surface area (Å²) < 4.78 is 15.4. The molecule has 0 radical (unpaired) electrons. The lowest BCUT2D eigenvalue weighted by Crippen LogP contribution is -2.15. The molecule has 0 bridgehead atoms. The first-order valence-electron chi connectivity index (χ1n) is 15.0. The van der Waals surface area contributed by atoms with Crippen molar-refractivity contribution in [3.8, 4) is 11.8 Å². The lowest BCUT2D eigenvalue weighted by Gasteiger charge is -2.28. The molecule has 0 atom stereocenters. The average Bonchev–Trinajstić information content (AvgIpc) is 2.93. The van der Waals surface area contributed by atoms with Crippen molar-refractivity contribution >= 4 is 10.8 Å². The normalized spacial score (nSPS) is 17.5. The highest BCUT2D eigenvalue weighted by Gasteiger charge is 2.21. The van der Waals surface area contributed by atoms with Gasteiger partial charge in [0, 0.05) is 16.5 Å². The fraction of sp³-hybridized carbons (Fsp3) is 0.500. The van der Waals surface area contributed by atoms with Gasteiger partial charge in [-0.1, -0.05) is 127 Å². The lowest BCUT2D eigenvalue weighted by molar-refractivity contribution is 0.248. The highest BCUT2D eigenvalue weighted by Crippen LogP contribution is 2.35. The molecule has 1 fully saturated rings. The van der Waals surface area contributed by atoms with Crippen molar-refractivity contribution in [3.05, 3.63) is 82.7 Å². The second kappa shape index (κ2) is 14.4. The molecule has 1 aliphatic rings. The molecule has 4 rings (SSSR count). The van der Waals surface area contributed by atoms with Gasteiger partial charge in [0.15, 0.2) is 0 Å². The zero-order chi connectivity index (χ0) is 25.9. The number of benzene rings is 3. The number of rotatable bonds is 11. The first kappa shape index (κ1) is 27.4. The average molecular weight is 497 g/mol. The summed E-state index contributed by atoms with van der Waals surface area (Å²) >= 11 is 0. The molecular weight excluding hydrogens is 451 g/mol. The van der Waals surface area contributed by atoms with Crippen LogP contribution in [0.3, 0.4) is 0 Å². The fourth-order valence-corrected chi connectivity index (χ4v) is 6.00. The molecule has 196 valence electrons. The Morgan fingerprint density at radius 3 is 2.08 bits per heavy atom. The number of hydrogen-bond acceptors (Lipinski definition) is 0. The molecule has 1 aliphatic carbocycles. The van der Waals surface area contributed by atoms with Gasteiger partial charge >= 0.3 is 0 Å². The molecule has 0 aromatic heterocycles. The van der Waals surface area contributed by atoms with E-state index in [1.165, 1.54) is 69.8 Å². The van der Waals surface area contributed by atoms with Gasteiger partial charge in [-0.15, -0.1) is 0 Å². The van der Waals surface area contributed by atoms with E-state index in [9.17, 15) is 0 Å². The number of hydrogen-bond donors (Lipinski definition) is 0. The Labute approximate surface area is 225 Å². The predicted molar refractivity (Wildman–Crippen MR) is 157 cm³/mol. The van der Waals surface area contributed by atoms with E-state index < -0.39 is 0 Å². The summed E-state index contributed by atoms with van der Waals surface area (Å²) in [5.74, 6) is 8.18. The van der Waals surface area contributed by atoms with Gasteiger partial charge in [0.25, 0.3) is 0 Å². The van der Waals surface area contributed by atoms with Crippen LogP contribution in [0.2, 0.25) is 0 Å². The maximum Gasteiger partial charge on any atom is 0.134 e. The molecule has 0 spiro atoms. The third-order valence-corrected chi connectivity index (χ3v) is 8.38. The van der Waals surface area contributed by atoms with E-state index in [0.29, 0.717) is 0 Å².